The van der Waals surface area contributed by atoms with Gasteiger partial charge in [-0.05, 0) is 54.8 Å². The first kappa shape index (κ1) is 30.0. The lowest BCUT2D eigenvalue weighted by Crippen LogP contribution is -2.44. The Balaban J connectivity index is 1.16. The lowest BCUT2D eigenvalue weighted by Gasteiger charge is -2.27. The fraction of sp³-hybridized carbons (Fsp3) is 0.355. The van der Waals surface area contributed by atoms with Gasteiger partial charge in [-0.2, -0.15) is 4.98 Å². The van der Waals surface area contributed by atoms with Crippen molar-refractivity contribution < 1.29 is 4.79 Å². The van der Waals surface area contributed by atoms with Crippen LogP contribution in [0.4, 0.5) is 0 Å². The van der Waals surface area contributed by atoms with Crippen LogP contribution in [-0.4, -0.2) is 83.5 Å². The number of aromatic nitrogens is 3. The van der Waals surface area contributed by atoms with Gasteiger partial charge >= 0.3 is 0 Å². The smallest absolute Gasteiger partial charge is 0.282 e. The molecule has 1 aliphatic rings. The molecular weight excluding hydrogens is 544 g/mol. The number of rotatable bonds is 13. The third kappa shape index (κ3) is 8.28. The molecule has 0 radical (unpaired) electrons. The van der Waals surface area contributed by atoms with E-state index in [1.165, 1.54) is 0 Å². The van der Waals surface area contributed by atoms with E-state index in [1.807, 2.05) is 59.1 Å². The van der Waals surface area contributed by atoms with E-state index in [2.05, 4.69) is 36.1 Å². The van der Waals surface area contributed by atoms with Crippen molar-refractivity contribution >= 4 is 17.6 Å². The van der Waals surface area contributed by atoms with E-state index in [-0.39, 0.29) is 17.4 Å². The van der Waals surface area contributed by atoms with Crippen LogP contribution < -0.4 is 32.6 Å². The summed E-state index contributed by atoms with van der Waals surface area (Å²) in [5.74, 6) is 0.358. The number of imidazole rings is 1. The summed E-state index contributed by atoms with van der Waals surface area (Å²) in [6.45, 7) is 7.97. The third-order valence-corrected chi connectivity index (χ3v) is 7.51. The van der Waals surface area contributed by atoms with Gasteiger partial charge in [0.25, 0.3) is 11.5 Å². The van der Waals surface area contributed by atoms with E-state index in [0.29, 0.717) is 36.5 Å². The van der Waals surface area contributed by atoms with Crippen molar-refractivity contribution in [3.63, 3.8) is 0 Å². The zero-order valence-electron chi connectivity index (χ0n) is 24.3. The van der Waals surface area contributed by atoms with Gasteiger partial charge in [0.1, 0.15) is 0 Å². The van der Waals surface area contributed by atoms with Crippen molar-refractivity contribution in [3.05, 3.63) is 82.4 Å². The molecule has 43 heavy (non-hydrogen) atoms. The van der Waals surface area contributed by atoms with Crippen LogP contribution in [-0.2, 0) is 6.54 Å². The second-order valence-electron chi connectivity index (χ2n) is 10.7. The molecule has 0 bridgehead atoms. The molecule has 12 heteroatoms. The first-order valence-electron chi connectivity index (χ1n) is 14.8. The Morgan fingerprint density at radius 2 is 1.65 bits per heavy atom. The van der Waals surface area contributed by atoms with E-state index in [0.717, 1.165) is 74.5 Å². The van der Waals surface area contributed by atoms with Crippen LogP contribution >= 0.6 is 0 Å². The number of nitrogens with two attached hydrogens (primary N) is 1. The summed E-state index contributed by atoms with van der Waals surface area (Å²) in [4.78, 5) is 35.4. The summed E-state index contributed by atoms with van der Waals surface area (Å²) in [5.41, 5.74) is 9.70. The number of nitrogens with one attached hydrogen (secondary N) is 6. The van der Waals surface area contributed by atoms with Crippen LogP contribution in [0.2, 0.25) is 0 Å². The predicted octanol–water partition coefficient (Wildman–Crippen LogP) is 1.34. The van der Waals surface area contributed by atoms with E-state index < -0.39 is 0 Å². The highest BCUT2D eigenvalue weighted by Crippen LogP contribution is 2.21. The number of nitrogens with zero attached hydrogens (tertiary/aromatic N) is 3. The van der Waals surface area contributed by atoms with Crippen LogP contribution in [0.1, 0.15) is 28.8 Å². The minimum atomic E-state index is -0.304. The van der Waals surface area contributed by atoms with Crippen molar-refractivity contribution in [2.75, 3.05) is 52.4 Å². The van der Waals surface area contributed by atoms with Crippen LogP contribution in [0.5, 0.6) is 0 Å². The van der Waals surface area contributed by atoms with Gasteiger partial charge in [0.05, 0.1) is 11.3 Å². The van der Waals surface area contributed by atoms with Crippen LogP contribution in [0.15, 0.2) is 65.7 Å². The van der Waals surface area contributed by atoms with Gasteiger partial charge in [-0.1, -0.05) is 36.4 Å². The lowest BCUT2D eigenvalue weighted by molar-refractivity contribution is 0.0951. The zero-order valence-corrected chi connectivity index (χ0v) is 24.3. The number of hydrogen-bond acceptors (Lipinski definition) is 7. The van der Waals surface area contributed by atoms with Gasteiger partial charge in [-0.3, -0.25) is 19.4 Å². The lowest BCUT2D eigenvalue weighted by atomic mass is 10.1. The molecule has 4 aromatic rings. The quantitative estimate of drug-likeness (QED) is 0.0702. The van der Waals surface area contributed by atoms with Gasteiger partial charge in [0.15, 0.2) is 5.96 Å². The average molecular weight is 585 g/mol. The van der Waals surface area contributed by atoms with Gasteiger partial charge in [0.2, 0.25) is 5.78 Å². The Bertz CT molecular complexity index is 1570. The minimum absolute atomic E-state index is 0.0162. The highest BCUT2D eigenvalue weighted by atomic mass is 16.1. The first-order chi connectivity index (χ1) is 21.0. The summed E-state index contributed by atoms with van der Waals surface area (Å²) in [6, 6.07) is 15.3. The summed E-state index contributed by atoms with van der Waals surface area (Å²) in [6.07, 6.45) is 5.48. The van der Waals surface area contributed by atoms with Gasteiger partial charge in [-0.15, -0.1) is 0 Å². The molecule has 2 aromatic heterocycles. The van der Waals surface area contributed by atoms with E-state index >= 15 is 0 Å². The third-order valence-electron chi connectivity index (χ3n) is 7.51. The van der Waals surface area contributed by atoms with Crippen molar-refractivity contribution in [2.45, 2.75) is 19.4 Å². The van der Waals surface area contributed by atoms with Crippen molar-refractivity contribution in [2.24, 2.45) is 5.73 Å². The Hall–Kier alpha value is -4.52. The standard InChI is InChI=1S/C31H40N10O2/c32-30(33)37-12-1-11-35-19-22-3-5-23(6-4-22)26-20-41-21-27(38-31(41)39-29(26)43)24-7-9-25(10-8-24)28(42)36-13-2-16-40-17-14-34-15-18-40/h3-10,20-21,34-35H,1-2,11-19H2,(H,36,42)(H4,32,33,37)(H,38,39,43). The molecule has 1 amide bonds. The Morgan fingerprint density at radius 1 is 0.930 bits per heavy atom. The number of benzene rings is 2. The summed E-state index contributed by atoms with van der Waals surface area (Å²) in [7, 11) is 0. The molecule has 2 aromatic carbocycles. The fourth-order valence-electron chi connectivity index (χ4n) is 5.11. The number of guanidine groups is 1. The predicted molar refractivity (Wildman–Crippen MR) is 169 cm³/mol. The van der Waals surface area contributed by atoms with Crippen LogP contribution in [0.3, 0.4) is 0 Å². The molecule has 1 aliphatic heterocycles. The SMILES string of the molecule is N=C(N)NCCCNCc1ccc(-c2cn3cc(-c4ccc(C(=O)NCCCN5CCNCC5)cc4)[nH]c3nc2=O)cc1. The number of aromatic amines is 1. The maximum absolute atomic E-state index is 12.9. The molecule has 5 rings (SSSR count). The number of carbonyl (C=O) groups excluding carboxylic acids is 1. The monoisotopic (exact) mass is 584 g/mol. The number of carbonyl (C=O) groups is 1. The number of H-pyrrole nitrogens is 1. The van der Waals surface area contributed by atoms with Gasteiger partial charge in [0, 0.05) is 63.8 Å². The number of amides is 1. The molecule has 8 N–H and O–H groups in total. The van der Waals surface area contributed by atoms with Gasteiger partial charge in [-0.25, -0.2) is 0 Å². The van der Waals surface area contributed by atoms with Crippen molar-refractivity contribution in [3.8, 4) is 22.4 Å². The summed E-state index contributed by atoms with van der Waals surface area (Å²) < 4.78 is 1.82. The maximum atomic E-state index is 12.9. The largest absolute Gasteiger partial charge is 0.370 e. The number of piperazine rings is 1. The van der Waals surface area contributed by atoms with E-state index in [1.54, 1.807) is 6.20 Å². The molecule has 12 nitrogen and oxygen atoms in total. The summed E-state index contributed by atoms with van der Waals surface area (Å²) >= 11 is 0. The highest BCUT2D eigenvalue weighted by molar-refractivity contribution is 5.94. The molecule has 0 spiro atoms. The van der Waals surface area contributed by atoms with E-state index in [4.69, 9.17) is 11.1 Å². The molecule has 0 saturated carbocycles. The molecule has 226 valence electrons. The van der Waals surface area contributed by atoms with E-state index in [9.17, 15) is 9.59 Å². The molecule has 0 unspecified atom stereocenters. The summed E-state index contributed by atoms with van der Waals surface area (Å²) in [5, 5.41) is 19.7. The van der Waals surface area contributed by atoms with Crippen molar-refractivity contribution in [1.29, 1.82) is 5.41 Å². The first-order valence-corrected chi connectivity index (χ1v) is 14.8. The number of hydrogen-bond donors (Lipinski definition) is 7. The second kappa shape index (κ2) is 14.6. The zero-order chi connectivity index (χ0) is 30.0. The Labute approximate surface area is 250 Å². The molecule has 0 aliphatic carbocycles. The number of fused-ring (bicyclic) bond motifs is 1. The normalized spacial score (nSPS) is 13.7. The van der Waals surface area contributed by atoms with Crippen LogP contribution in [0.25, 0.3) is 28.2 Å². The maximum Gasteiger partial charge on any atom is 0.282 e. The molecule has 1 fully saturated rings. The minimum Gasteiger partial charge on any atom is -0.370 e. The Morgan fingerprint density at radius 3 is 2.40 bits per heavy atom. The molecule has 1 saturated heterocycles. The second-order valence-corrected chi connectivity index (χ2v) is 10.7. The average Bonchev–Trinajstić information content (AvgIpc) is 3.44. The molecular formula is C31H40N10O2. The fourth-order valence-corrected chi connectivity index (χ4v) is 5.11. The molecule has 3 heterocycles. The molecule has 0 atom stereocenters. The highest BCUT2D eigenvalue weighted by Gasteiger charge is 2.12. The topological polar surface area (TPSA) is 168 Å². The van der Waals surface area contributed by atoms with Crippen molar-refractivity contribution in [1.82, 2.24) is 40.5 Å². The van der Waals surface area contributed by atoms with Crippen LogP contribution in [0, 0.1) is 5.41 Å². The Kier molecular flexibility index (Phi) is 10.2. The van der Waals surface area contributed by atoms with Gasteiger partial charge < -0.3 is 36.9 Å².